The van der Waals surface area contributed by atoms with Gasteiger partial charge in [0.15, 0.2) is 17.2 Å². The minimum absolute atomic E-state index is 0.0440. The van der Waals surface area contributed by atoms with Crippen LogP contribution in [0.3, 0.4) is 0 Å². The van der Waals surface area contributed by atoms with Gasteiger partial charge in [0.25, 0.3) is 11.4 Å². The zero-order valence-electron chi connectivity index (χ0n) is 16.5. The highest BCUT2D eigenvalue weighted by Gasteiger charge is 2.28. The number of benzene rings is 2. The quantitative estimate of drug-likeness (QED) is 0.280. The highest BCUT2D eigenvalue weighted by Crippen LogP contribution is 2.39. The number of aliphatic imine (C=N–C) groups is 1. The maximum atomic E-state index is 12.3. The highest BCUT2D eigenvalue weighted by atomic mass is 16.6. The SMILES string of the molecule is COc1cc(C2=N/C(=C/c3ccc([N+](=O)[O-])cc3[N+](=O)[O-])C(=O)O2)cc(OC)c1OC. The van der Waals surface area contributed by atoms with Gasteiger partial charge in [-0.3, -0.25) is 20.2 Å². The summed E-state index contributed by atoms with van der Waals surface area (Å²) in [6.07, 6.45) is 1.12. The Balaban J connectivity index is 2.06. The highest BCUT2D eigenvalue weighted by molar-refractivity contribution is 6.13. The van der Waals surface area contributed by atoms with Crippen molar-refractivity contribution in [2.75, 3.05) is 21.3 Å². The summed E-state index contributed by atoms with van der Waals surface area (Å²) in [5.41, 5.74) is -0.932. The lowest BCUT2D eigenvalue weighted by molar-refractivity contribution is -0.394. The number of cyclic esters (lactones) is 1. The van der Waals surface area contributed by atoms with Gasteiger partial charge in [-0.2, -0.15) is 0 Å². The molecule has 12 nitrogen and oxygen atoms in total. The molecule has 1 aliphatic rings. The minimum Gasteiger partial charge on any atom is -0.493 e. The number of hydrogen-bond acceptors (Lipinski definition) is 10. The predicted octanol–water partition coefficient (Wildman–Crippen LogP) is 2.87. The number of hydrogen-bond donors (Lipinski definition) is 0. The number of carbonyl (C=O) groups is 1. The molecule has 0 saturated heterocycles. The Bertz CT molecular complexity index is 1130. The predicted molar refractivity (Wildman–Crippen MR) is 106 cm³/mol. The average Bonchev–Trinajstić information content (AvgIpc) is 3.12. The Morgan fingerprint density at radius 3 is 2.13 bits per heavy atom. The van der Waals surface area contributed by atoms with E-state index < -0.39 is 27.2 Å². The lowest BCUT2D eigenvalue weighted by atomic mass is 10.1. The fourth-order valence-corrected chi connectivity index (χ4v) is 2.81. The van der Waals surface area contributed by atoms with Gasteiger partial charge in [0.05, 0.1) is 42.8 Å². The van der Waals surface area contributed by atoms with Gasteiger partial charge < -0.3 is 18.9 Å². The summed E-state index contributed by atoms with van der Waals surface area (Å²) in [4.78, 5) is 37.0. The van der Waals surface area contributed by atoms with Crippen LogP contribution in [0.25, 0.3) is 6.08 Å². The molecule has 31 heavy (non-hydrogen) atoms. The van der Waals surface area contributed by atoms with Crippen molar-refractivity contribution in [2.45, 2.75) is 0 Å². The Morgan fingerprint density at radius 2 is 1.61 bits per heavy atom. The van der Waals surface area contributed by atoms with E-state index in [2.05, 4.69) is 4.99 Å². The number of carbonyl (C=O) groups excluding carboxylic acids is 1. The maximum absolute atomic E-state index is 12.3. The fourth-order valence-electron chi connectivity index (χ4n) is 2.81. The van der Waals surface area contributed by atoms with Crippen molar-refractivity contribution in [1.29, 1.82) is 0 Å². The molecule has 1 aliphatic heterocycles. The van der Waals surface area contributed by atoms with E-state index in [1.165, 1.54) is 33.5 Å². The smallest absolute Gasteiger partial charge is 0.363 e. The van der Waals surface area contributed by atoms with Crippen LogP contribution in [0.4, 0.5) is 11.4 Å². The molecule has 1 heterocycles. The minimum atomic E-state index is -0.851. The Kier molecular flexibility index (Phi) is 5.81. The molecule has 0 spiro atoms. The van der Waals surface area contributed by atoms with Crippen LogP contribution in [0.2, 0.25) is 0 Å². The molecule has 0 amide bonds. The van der Waals surface area contributed by atoms with E-state index in [1.54, 1.807) is 0 Å². The standard InChI is InChI=1S/C19H15N3O9/c1-28-15-7-11(8-16(29-2)17(15)30-3)18-20-13(19(23)31-18)6-10-4-5-12(21(24)25)9-14(10)22(26)27/h4-9H,1-3H3/b13-6+. The number of nitro benzene ring substituents is 2. The number of nitrogens with zero attached hydrogens (tertiary/aromatic N) is 3. The van der Waals surface area contributed by atoms with Crippen LogP contribution >= 0.6 is 0 Å². The molecule has 0 aromatic heterocycles. The average molecular weight is 429 g/mol. The third-order valence-electron chi connectivity index (χ3n) is 4.25. The number of nitro groups is 2. The number of methoxy groups -OCH3 is 3. The van der Waals surface area contributed by atoms with E-state index in [0.29, 0.717) is 22.8 Å². The second-order valence-corrected chi connectivity index (χ2v) is 6.01. The molecule has 2 aromatic carbocycles. The zero-order valence-corrected chi connectivity index (χ0v) is 16.5. The number of non-ortho nitro benzene ring substituents is 1. The summed E-state index contributed by atoms with van der Waals surface area (Å²) in [6, 6.07) is 6.08. The van der Waals surface area contributed by atoms with Crippen LogP contribution in [0.5, 0.6) is 17.2 Å². The van der Waals surface area contributed by atoms with Gasteiger partial charge in [0, 0.05) is 11.6 Å². The second kappa shape index (κ2) is 8.49. The topological polar surface area (TPSA) is 153 Å². The molecular formula is C19H15N3O9. The van der Waals surface area contributed by atoms with Gasteiger partial charge in [-0.1, -0.05) is 0 Å². The molecular weight excluding hydrogens is 414 g/mol. The zero-order chi connectivity index (χ0) is 22.7. The van der Waals surface area contributed by atoms with Gasteiger partial charge in [0.2, 0.25) is 11.6 Å². The summed E-state index contributed by atoms with van der Waals surface area (Å²) in [7, 11) is 4.27. The van der Waals surface area contributed by atoms with Crippen LogP contribution < -0.4 is 14.2 Å². The molecule has 160 valence electrons. The van der Waals surface area contributed by atoms with Crippen molar-refractivity contribution in [3.8, 4) is 17.2 Å². The first kappa shape index (κ1) is 21.2. The van der Waals surface area contributed by atoms with Crippen molar-refractivity contribution in [1.82, 2.24) is 0 Å². The summed E-state index contributed by atoms with van der Waals surface area (Å²) in [5, 5.41) is 22.2. The number of ether oxygens (including phenoxy) is 4. The van der Waals surface area contributed by atoms with Crippen molar-refractivity contribution in [2.24, 2.45) is 4.99 Å². The van der Waals surface area contributed by atoms with E-state index in [9.17, 15) is 25.0 Å². The van der Waals surface area contributed by atoms with Crippen molar-refractivity contribution in [3.63, 3.8) is 0 Å². The van der Waals surface area contributed by atoms with Crippen LogP contribution in [0.15, 0.2) is 41.0 Å². The number of esters is 1. The Labute approximate surface area is 174 Å². The summed E-state index contributed by atoms with van der Waals surface area (Å²) >= 11 is 0. The second-order valence-electron chi connectivity index (χ2n) is 6.01. The third kappa shape index (κ3) is 4.12. The normalized spacial score (nSPS) is 14.1. The van der Waals surface area contributed by atoms with Crippen molar-refractivity contribution in [3.05, 3.63) is 67.4 Å². The van der Waals surface area contributed by atoms with E-state index >= 15 is 0 Å². The molecule has 0 radical (unpaired) electrons. The van der Waals surface area contributed by atoms with Crippen LogP contribution in [-0.4, -0.2) is 43.0 Å². The van der Waals surface area contributed by atoms with Gasteiger partial charge >= 0.3 is 5.97 Å². The van der Waals surface area contributed by atoms with Crippen LogP contribution in [0, 0.1) is 20.2 Å². The van der Waals surface area contributed by atoms with Crippen molar-refractivity contribution >= 4 is 29.3 Å². The molecule has 0 bridgehead atoms. The van der Waals surface area contributed by atoms with E-state index in [0.717, 1.165) is 24.3 Å². The van der Waals surface area contributed by atoms with Gasteiger partial charge in [-0.15, -0.1) is 0 Å². The fraction of sp³-hybridized carbons (Fsp3) is 0.158. The summed E-state index contributed by atoms with van der Waals surface area (Å²) in [6.45, 7) is 0. The van der Waals surface area contributed by atoms with Crippen molar-refractivity contribution < 1.29 is 33.6 Å². The molecule has 0 saturated carbocycles. The lowest BCUT2D eigenvalue weighted by Crippen LogP contribution is -2.07. The monoisotopic (exact) mass is 429 g/mol. The van der Waals surface area contributed by atoms with Gasteiger partial charge in [0.1, 0.15) is 0 Å². The largest absolute Gasteiger partial charge is 0.493 e. The summed E-state index contributed by atoms with van der Waals surface area (Å²) in [5.74, 6) is 0.00508. The maximum Gasteiger partial charge on any atom is 0.363 e. The van der Waals surface area contributed by atoms with E-state index in [1.807, 2.05) is 0 Å². The Hall–Kier alpha value is -4.48. The summed E-state index contributed by atoms with van der Waals surface area (Å²) < 4.78 is 20.9. The molecule has 0 fully saturated rings. The van der Waals surface area contributed by atoms with Gasteiger partial charge in [-0.05, 0) is 24.3 Å². The molecule has 0 aliphatic carbocycles. The van der Waals surface area contributed by atoms with Gasteiger partial charge in [-0.25, -0.2) is 9.79 Å². The molecule has 3 rings (SSSR count). The molecule has 0 unspecified atom stereocenters. The van der Waals surface area contributed by atoms with Crippen LogP contribution in [-0.2, 0) is 9.53 Å². The van der Waals surface area contributed by atoms with Crippen LogP contribution in [0.1, 0.15) is 11.1 Å². The Morgan fingerprint density at radius 1 is 0.968 bits per heavy atom. The van der Waals surface area contributed by atoms with E-state index in [-0.39, 0.29) is 17.2 Å². The van der Waals surface area contributed by atoms with E-state index in [4.69, 9.17) is 18.9 Å². The third-order valence-corrected chi connectivity index (χ3v) is 4.25. The first-order valence-electron chi connectivity index (χ1n) is 8.54. The number of rotatable bonds is 7. The molecule has 0 atom stereocenters. The molecule has 0 N–H and O–H groups in total. The first-order valence-corrected chi connectivity index (χ1v) is 8.54. The molecule has 12 heteroatoms. The molecule has 2 aromatic rings. The first-order chi connectivity index (χ1) is 14.8. The lowest BCUT2D eigenvalue weighted by Gasteiger charge is -2.13.